The second kappa shape index (κ2) is 8.60. The van der Waals surface area contributed by atoms with Crippen LogP contribution >= 0.6 is 21.6 Å². The molecule has 1 aliphatic heterocycles. The van der Waals surface area contributed by atoms with Crippen molar-refractivity contribution in [1.29, 1.82) is 0 Å². The number of anilines is 1. The van der Waals surface area contributed by atoms with Crippen LogP contribution in [0.25, 0.3) is 22.3 Å². The maximum absolute atomic E-state index is 12.5. The summed E-state index contributed by atoms with van der Waals surface area (Å²) in [6, 6.07) is 18.9. The van der Waals surface area contributed by atoms with Gasteiger partial charge in [-0.05, 0) is 12.1 Å². The van der Waals surface area contributed by atoms with Crippen LogP contribution in [0.2, 0.25) is 0 Å². The van der Waals surface area contributed by atoms with Gasteiger partial charge in [-0.1, -0.05) is 70.1 Å². The number of nitrogens with two attached hydrogens (primary N) is 1. The molecule has 9 heteroatoms. The van der Waals surface area contributed by atoms with Crippen molar-refractivity contribution in [2.24, 2.45) is 0 Å². The van der Waals surface area contributed by atoms with Crippen molar-refractivity contribution in [2.75, 3.05) is 11.5 Å². The van der Waals surface area contributed by atoms with Crippen LogP contribution in [0, 0.1) is 0 Å². The van der Waals surface area contributed by atoms with Gasteiger partial charge in [0.1, 0.15) is 23.9 Å². The second-order valence-electron chi connectivity index (χ2n) is 7.08. The number of hydrogen-bond acceptors (Lipinski definition) is 8. The molecular formula is C22H19N5O2S2. The molecule has 156 valence electrons. The molecule has 2 aromatic heterocycles. The van der Waals surface area contributed by atoms with Crippen molar-refractivity contribution in [3.8, 4) is 11.3 Å². The number of nitrogens with zero attached hydrogens (tertiary/aromatic N) is 4. The summed E-state index contributed by atoms with van der Waals surface area (Å²) in [5, 5.41) is 5.61. The number of rotatable bonds is 5. The topological polar surface area (TPSA) is 95.9 Å². The molecule has 5 rings (SSSR count). The molecule has 7 nitrogen and oxygen atoms in total. The first-order chi connectivity index (χ1) is 15.2. The summed E-state index contributed by atoms with van der Waals surface area (Å²) < 4.78 is 7.68. The van der Waals surface area contributed by atoms with E-state index in [0.29, 0.717) is 23.6 Å². The average Bonchev–Trinajstić information content (AvgIpc) is 3.40. The van der Waals surface area contributed by atoms with Crippen LogP contribution in [0.5, 0.6) is 0 Å². The normalized spacial score (nSPS) is 18.3. The summed E-state index contributed by atoms with van der Waals surface area (Å²) in [4.78, 5) is 21.2. The van der Waals surface area contributed by atoms with Crippen LogP contribution in [0.4, 0.5) is 5.82 Å². The Morgan fingerprint density at radius 2 is 1.84 bits per heavy atom. The Hall–Kier alpha value is -3.04. The van der Waals surface area contributed by atoms with Gasteiger partial charge < -0.3 is 10.5 Å². The van der Waals surface area contributed by atoms with E-state index < -0.39 is 0 Å². The second-order valence-corrected chi connectivity index (χ2v) is 9.73. The molecule has 0 aliphatic carbocycles. The lowest BCUT2D eigenvalue weighted by molar-refractivity contribution is 0.0342. The number of carbonyl (C=O) groups excluding carboxylic acids is 1. The van der Waals surface area contributed by atoms with Gasteiger partial charge in [-0.25, -0.2) is 19.4 Å². The van der Waals surface area contributed by atoms with Gasteiger partial charge >= 0.3 is 5.97 Å². The lowest BCUT2D eigenvalue weighted by atomic mass is 10.1. The minimum Gasteiger partial charge on any atom is -0.457 e. The number of nitrogen functional groups attached to an aromatic ring is 1. The zero-order chi connectivity index (χ0) is 21.2. The van der Waals surface area contributed by atoms with E-state index in [1.54, 1.807) is 33.7 Å². The van der Waals surface area contributed by atoms with Crippen LogP contribution in [0.15, 0.2) is 67.0 Å². The fourth-order valence-corrected chi connectivity index (χ4v) is 6.53. The van der Waals surface area contributed by atoms with Gasteiger partial charge in [0.2, 0.25) is 0 Å². The number of aromatic nitrogens is 4. The molecule has 1 aliphatic rings. The van der Waals surface area contributed by atoms with E-state index in [2.05, 4.69) is 9.97 Å². The Morgan fingerprint density at radius 3 is 2.61 bits per heavy atom. The number of hydrogen-bond donors (Lipinski definition) is 1. The largest absolute Gasteiger partial charge is 0.457 e. The summed E-state index contributed by atoms with van der Waals surface area (Å²) in [5.41, 5.74) is 9.13. The number of ether oxygens (including phenoxy) is 1. The smallest absolute Gasteiger partial charge is 0.338 e. The van der Waals surface area contributed by atoms with Gasteiger partial charge in [-0.3, -0.25) is 0 Å². The summed E-state index contributed by atoms with van der Waals surface area (Å²) in [6.07, 6.45) is 1.23. The molecule has 0 spiro atoms. The molecule has 1 fully saturated rings. The summed E-state index contributed by atoms with van der Waals surface area (Å²) >= 11 is 0. The van der Waals surface area contributed by atoms with Crippen molar-refractivity contribution < 1.29 is 9.53 Å². The molecule has 1 saturated heterocycles. The van der Waals surface area contributed by atoms with Gasteiger partial charge in [-0.2, -0.15) is 5.10 Å². The van der Waals surface area contributed by atoms with Crippen LogP contribution in [0.1, 0.15) is 10.4 Å². The summed E-state index contributed by atoms with van der Waals surface area (Å²) in [6.45, 7) is 0.546. The molecular weight excluding hydrogens is 430 g/mol. The highest BCUT2D eigenvalue weighted by Gasteiger charge is 2.34. The minimum atomic E-state index is -0.305. The predicted molar refractivity (Wildman–Crippen MR) is 125 cm³/mol. The standard InChI is InChI=1S/C22H19N5O2S2/c23-20-18-19(14-7-3-1-4-8-14)26-27(21(18)25-13-24-20)11-17-16(12-30-31-17)29-22(28)15-9-5-2-6-10-15/h1-10,13,16-17H,11-12H2,(H2,23,24,25). The van der Waals surface area contributed by atoms with Gasteiger partial charge in [0.15, 0.2) is 5.65 Å². The molecule has 2 aromatic carbocycles. The third-order valence-corrected chi connectivity index (χ3v) is 7.92. The minimum absolute atomic E-state index is 0.0422. The summed E-state index contributed by atoms with van der Waals surface area (Å²) in [7, 11) is 3.40. The van der Waals surface area contributed by atoms with Crippen LogP contribution in [-0.4, -0.2) is 42.8 Å². The quantitative estimate of drug-likeness (QED) is 0.360. The van der Waals surface area contributed by atoms with Crippen molar-refractivity contribution in [3.05, 3.63) is 72.6 Å². The third-order valence-electron chi connectivity index (χ3n) is 5.07. The van der Waals surface area contributed by atoms with E-state index in [1.165, 1.54) is 6.33 Å². The average molecular weight is 450 g/mol. The molecule has 31 heavy (non-hydrogen) atoms. The van der Waals surface area contributed by atoms with E-state index in [9.17, 15) is 4.79 Å². The highest BCUT2D eigenvalue weighted by molar-refractivity contribution is 8.77. The maximum atomic E-state index is 12.5. The van der Waals surface area contributed by atoms with Crippen LogP contribution in [-0.2, 0) is 11.3 Å². The lowest BCUT2D eigenvalue weighted by Gasteiger charge is -2.18. The number of fused-ring (bicyclic) bond motifs is 1. The van der Waals surface area contributed by atoms with Gasteiger partial charge in [0.25, 0.3) is 0 Å². The predicted octanol–water partition coefficient (Wildman–Crippen LogP) is 4.06. The molecule has 0 saturated carbocycles. The maximum Gasteiger partial charge on any atom is 0.338 e. The zero-order valence-corrected chi connectivity index (χ0v) is 18.1. The molecule has 0 amide bonds. The van der Waals surface area contributed by atoms with Crippen LogP contribution < -0.4 is 5.73 Å². The van der Waals surface area contributed by atoms with Gasteiger partial charge in [0.05, 0.1) is 22.7 Å². The first kappa shape index (κ1) is 19.9. The highest BCUT2D eigenvalue weighted by atomic mass is 33.1. The zero-order valence-electron chi connectivity index (χ0n) is 16.4. The molecule has 0 bridgehead atoms. The van der Waals surface area contributed by atoms with Crippen molar-refractivity contribution in [1.82, 2.24) is 19.7 Å². The molecule has 4 aromatic rings. The van der Waals surface area contributed by atoms with Crippen molar-refractivity contribution in [3.63, 3.8) is 0 Å². The third kappa shape index (κ3) is 3.98. The Bertz CT molecular complexity index is 1220. The molecule has 2 atom stereocenters. The number of benzene rings is 2. The van der Waals surface area contributed by atoms with E-state index in [-0.39, 0.29) is 17.3 Å². The summed E-state index contributed by atoms with van der Waals surface area (Å²) in [5.74, 6) is 0.826. The van der Waals surface area contributed by atoms with E-state index in [4.69, 9.17) is 15.6 Å². The number of carbonyl (C=O) groups is 1. The van der Waals surface area contributed by atoms with E-state index in [0.717, 1.165) is 22.4 Å². The van der Waals surface area contributed by atoms with Crippen LogP contribution in [0.3, 0.4) is 0 Å². The Morgan fingerprint density at radius 1 is 1.10 bits per heavy atom. The molecule has 0 radical (unpaired) electrons. The Labute approximate surface area is 186 Å². The fourth-order valence-electron chi connectivity index (χ4n) is 3.53. The van der Waals surface area contributed by atoms with Crippen molar-refractivity contribution >= 4 is 44.4 Å². The number of esters is 1. The Kier molecular flexibility index (Phi) is 5.52. The fraction of sp³-hybridized carbons (Fsp3) is 0.182. The molecule has 2 N–H and O–H groups in total. The van der Waals surface area contributed by atoms with Crippen molar-refractivity contribution in [2.45, 2.75) is 17.9 Å². The monoisotopic (exact) mass is 449 g/mol. The van der Waals surface area contributed by atoms with E-state index in [1.807, 2.05) is 53.2 Å². The first-order valence-electron chi connectivity index (χ1n) is 9.77. The van der Waals surface area contributed by atoms with Gasteiger partial charge in [-0.15, -0.1) is 0 Å². The van der Waals surface area contributed by atoms with Gasteiger partial charge in [0, 0.05) is 11.3 Å². The SMILES string of the molecule is Nc1ncnc2c1c(-c1ccccc1)nn2CC1SSCC1OC(=O)c1ccccc1. The molecule has 3 heterocycles. The lowest BCUT2D eigenvalue weighted by Crippen LogP contribution is -2.31. The highest BCUT2D eigenvalue weighted by Crippen LogP contribution is 2.41. The first-order valence-corrected chi connectivity index (χ1v) is 12.2. The molecule has 2 unspecified atom stereocenters. The Balaban J connectivity index is 1.44. The van der Waals surface area contributed by atoms with E-state index >= 15 is 0 Å².